The van der Waals surface area contributed by atoms with Crippen LogP contribution in [-0.2, 0) is 0 Å². The Kier molecular flexibility index (Phi) is 7.39. The number of rotatable bonds is 7. The lowest BCUT2D eigenvalue weighted by Crippen LogP contribution is -2.11. The average Bonchev–Trinajstić information content (AvgIpc) is 2.64. The summed E-state index contributed by atoms with van der Waals surface area (Å²) >= 11 is 3.79. The van der Waals surface area contributed by atoms with Crippen molar-refractivity contribution in [1.29, 1.82) is 0 Å². The predicted octanol–water partition coefficient (Wildman–Crippen LogP) is 6.86. The molecule has 0 heterocycles. The Balaban J connectivity index is 2.65. The molecule has 0 aliphatic carbocycles. The topological polar surface area (TPSA) is 18.5 Å². The summed E-state index contributed by atoms with van der Waals surface area (Å²) in [7, 11) is 0. The highest BCUT2D eigenvalue weighted by Gasteiger charge is 2.23. The quantitative estimate of drug-likeness (QED) is 0.444. The molecule has 0 atom stereocenters. The molecule has 0 unspecified atom stereocenters. The van der Waals surface area contributed by atoms with Crippen LogP contribution in [-0.4, -0.2) is 18.5 Å². The lowest BCUT2D eigenvalue weighted by molar-refractivity contribution is 0.335. The molecule has 0 fully saturated rings. The molecule has 2 aromatic rings. The summed E-state index contributed by atoms with van der Waals surface area (Å²) in [4.78, 5) is 0. The first-order chi connectivity index (χ1) is 12.8. The van der Waals surface area contributed by atoms with Crippen molar-refractivity contribution in [3.63, 3.8) is 0 Å². The molecule has 0 amide bonds. The molecule has 0 aliphatic rings. The zero-order chi connectivity index (χ0) is 20.3. The van der Waals surface area contributed by atoms with Crippen LogP contribution in [0, 0.1) is 41.5 Å². The van der Waals surface area contributed by atoms with E-state index in [1.807, 2.05) is 13.8 Å². The maximum absolute atomic E-state index is 5.90. The molecular weight excluding hydrogens is 400 g/mol. The molecule has 0 saturated carbocycles. The second kappa shape index (κ2) is 9.14. The number of hydrogen-bond acceptors (Lipinski definition) is 2. The third-order valence-corrected chi connectivity index (χ3v) is 6.26. The van der Waals surface area contributed by atoms with Crippen molar-refractivity contribution >= 4 is 15.9 Å². The summed E-state index contributed by atoms with van der Waals surface area (Å²) in [6.45, 7) is 18.5. The van der Waals surface area contributed by atoms with Crippen molar-refractivity contribution in [2.45, 2.75) is 61.3 Å². The van der Waals surface area contributed by atoms with Crippen LogP contribution >= 0.6 is 15.9 Å². The van der Waals surface area contributed by atoms with Crippen molar-refractivity contribution in [2.75, 3.05) is 18.5 Å². The van der Waals surface area contributed by atoms with E-state index in [2.05, 4.69) is 69.6 Å². The number of aryl methyl sites for hydroxylation is 2. The molecule has 3 heteroatoms. The van der Waals surface area contributed by atoms with E-state index < -0.39 is 0 Å². The predicted molar refractivity (Wildman–Crippen MR) is 119 cm³/mol. The van der Waals surface area contributed by atoms with Crippen LogP contribution in [0.5, 0.6) is 11.5 Å². The molecule has 27 heavy (non-hydrogen) atoms. The lowest BCUT2D eigenvalue weighted by atomic mass is 9.83. The Labute approximate surface area is 173 Å². The monoisotopic (exact) mass is 432 g/mol. The Hall–Kier alpha value is -1.48. The van der Waals surface area contributed by atoms with Crippen LogP contribution in [0.4, 0.5) is 0 Å². The zero-order valence-electron chi connectivity index (χ0n) is 18.0. The summed E-state index contributed by atoms with van der Waals surface area (Å²) in [6.07, 6.45) is 0. The van der Waals surface area contributed by atoms with Crippen molar-refractivity contribution in [1.82, 2.24) is 0 Å². The van der Waals surface area contributed by atoms with Crippen molar-refractivity contribution in [3.8, 4) is 11.5 Å². The van der Waals surface area contributed by atoms with Gasteiger partial charge in [0.1, 0.15) is 11.5 Å². The SMILES string of the molecule is CCOc1c(C)cc(C(CBr)c2cc(C)c(OCC)c(C)c2C)c(C)c1C. The Morgan fingerprint density at radius 1 is 0.704 bits per heavy atom. The Bertz CT molecular complexity index is 757. The Morgan fingerprint density at radius 3 is 1.37 bits per heavy atom. The van der Waals surface area contributed by atoms with Gasteiger partial charge >= 0.3 is 0 Å². The third-order valence-electron chi connectivity index (χ3n) is 5.62. The fourth-order valence-electron chi connectivity index (χ4n) is 3.97. The van der Waals surface area contributed by atoms with E-state index in [4.69, 9.17) is 9.47 Å². The van der Waals surface area contributed by atoms with Crippen LogP contribution in [0.2, 0.25) is 0 Å². The summed E-state index contributed by atoms with van der Waals surface area (Å²) in [5, 5.41) is 0.883. The van der Waals surface area contributed by atoms with Gasteiger partial charge < -0.3 is 9.47 Å². The molecule has 2 aromatic carbocycles. The molecular formula is C24H33BrO2. The smallest absolute Gasteiger partial charge is 0.125 e. The van der Waals surface area contributed by atoms with Crippen LogP contribution in [0.25, 0.3) is 0 Å². The van der Waals surface area contributed by atoms with Crippen molar-refractivity contribution < 1.29 is 9.47 Å². The molecule has 2 nitrogen and oxygen atoms in total. The normalized spacial score (nSPS) is 11.2. The van der Waals surface area contributed by atoms with Gasteiger partial charge in [-0.05, 0) is 99.9 Å². The van der Waals surface area contributed by atoms with E-state index >= 15 is 0 Å². The highest BCUT2D eigenvalue weighted by Crippen LogP contribution is 2.40. The minimum atomic E-state index is 0.297. The van der Waals surface area contributed by atoms with Gasteiger partial charge in [0.25, 0.3) is 0 Å². The first-order valence-corrected chi connectivity index (χ1v) is 10.9. The maximum atomic E-state index is 5.90. The van der Waals surface area contributed by atoms with Crippen molar-refractivity contribution in [2.24, 2.45) is 0 Å². The average molecular weight is 433 g/mol. The summed E-state index contributed by atoms with van der Waals surface area (Å²) in [6, 6.07) is 4.61. The molecule has 0 saturated heterocycles. The zero-order valence-corrected chi connectivity index (χ0v) is 19.6. The molecule has 0 bridgehead atoms. The number of benzene rings is 2. The van der Waals surface area contributed by atoms with Gasteiger partial charge in [0, 0.05) is 11.2 Å². The minimum absolute atomic E-state index is 0.297. The first kappa shape index (κ1) is 21.8. The number of halogens is 1. The molecule has 0 aliphatic heterocycles. The van der Waals surface area contributed by atoms with Gasteiger partial charge in [-0.15, -0.1) is 0 Å². The van der Waals surface area contributed by atoms with Crippen molar-refractivity contribution in [3.05, 3.63) is 56.6 Å². The van der Waals surface area contributed by atoms with Gasteiger partial charge in [-0.3, -0.25) is 0 Å². The van der Waals surface area contributed by atoms with Crippen LogP contribution in [0.1, 0.15) is 64.3 Å². The van der Waals surface area contributed by atoms with Gasteiger partial charge in [0.15, 0.2) is 0 Å². The third kappa shape index (κ3) is 4.18. The molecule has 0 N–H and O–H groups in total. The van der Waals surface area contributed by atoms with E-state index in [9.17, 15) is 0 Å². The second-order valence-corrected chi connectivity index (χ2v) is 7.94. The fourth-order valence-corrected chi connectivity index (χ4v) is 4.67. The summed E-state index contributed by atoms with van der Waals surface area (Å²) < 4.78 is 11.8. The minimum Gasteiger partial charge on any atom is -0.493 e. The molecule has 2 rings (SSSR count). The second-order valence-electron chi connectivity index (χ2n) is 7.30. The largest absolute Gasteiger partial charge is 0.493 e. The number of alkyl halides is 1. The van der Waals surface area contributed by atoms with Gasteiger partial charge in [-0.1, -0.05) is 28.1 Å². The van der Waals surface area contributed by atoms with Gasteiger partial charge in [-0.25, -0.2) is 0 Å². The summed E-state index contributed by atoms with van der Waals surface area (Å²) in [5.41, 5.74) is 10.3. The lowest BCUT2D eigenvalue weighted by Gasteiger charge is -2.26. The van der Waals surface area contributed by atoms with E-state index in [1.165, 1.54) is 44.5 Å². The van der Waals surface area contributed by atoms with Gasteiger partial charge in [0.05, 0.1) is 13.2 Å². The van der Waals surface area contributed by atoms with Crippen LogP contribution in [0.3, 0.4) is 0 Å². The van der Waals surface area contributed by atoms with E-state index in [0.717, 1.165) is 16.8 Å². The van der Waals surface area contributed by atoms with E-state index in [0.29, 0.717) is 19.1 Å². The molecule has 0 spiro atoms. The first-order valence-electron chi connectivity index (χ1n) is 9.81. The highest BCUT2D eigenvalue weighted by molar-refractivity contribution is 9.09. The molecule has 0 radical (unpaired) electrons. The molecule has 148 valence electrons. The number of ether oxygens (including phenoxy) is 2. The Morgan fingerprint density at radius 2 is 1.07 bits per heavy atom. The van der Waals surface area contributed by atoms with Gasteiger partial charge in [-0.2, -0.15) is 0 Å². The van der Waals surface area contributed by atoms with E-state index in [-0.39, 0.29) is 0 Å². The fraction of sp³-hybridized carbons (Fsp3) is 0.500. The number of hydrogen-bond donors (Lipinski definition) is 0. The van der Waals surface area contributed by atoms with E-state index in [1.54, 1.807) is 0 Å². The van der Waals surface area contributed by atoms with Crippen LogP contribution < -0.4 is 9.47 Å². The van der Waals surface area contributed by atoms with Crippen LogP contribution in [0.15, 0.2) is 12.1 Å². The highest BCUT2D eigenvalue weighted by atomic mass is 79.9. The standard InChI is InChI=1S/C24H33BrO2/c1-9-26-23-14(3)11-20(16(5)18(23)7)22(13-25)21-12-15(4)24(27-10-2)19(8)17(21)6/h11-12,22H,9-10,13H2,1-8H3. The summed E-state index contributed by atoms with van der Waals surface area (Å²) in [5.74, 6) is 2.36. The maximum Gasteiger partial charge on any atom is 0.125 e. The molecule has 0 aromatic heterocycles. The van der Waals surface area contributed by atoms with Gasteiger partial charge in [0.2, 0.25) is 0 Å².